The van der Waals surface area contributed by atoms with Gasteiger partial charge in [-0.15, -0.1) is 5.10 Å². The van der Waals surface area contributed by atoms with Crippen molar-refractivity contribution in [2.24, 2.45) is 0 Å². The van der Waals surface area contributed by atoms with Crippen LogP contribution in [-0.2, 0) is 0 Å². The van der Waals surface area contributed by atoms with E-state index in [0.717, 1.165) is 21.5 Å². The molecule has 24 heavy (non-hydrogen) atoms. The van der Waals surface area contributed by atoms with Crippen LogP contribution in [0.15, 0.2) is 46.9 Å². The van der Waals surface area contributed by atoms with Crippen molar-refractivity contribution < 1.29 is 9.15 Å². The fraction of sp³-hybridized carbons (Fsp3) is 0.0625. The predicted molar refractivity (Wildman–Crippen MR) is 94.2 cm³/mol. The molecule has 0 saturated heterocycles. The maximum Gasteiger partial charge on any atom is 0.322 e. The summed E-state index contributed by atoms with van der Waals surface area (Å²) < 4.78 is 11.8. The van der Waals surface area contributed by atoms with Crippen molar-refractivity contribution in [1.29, 1.82) is 0 Å². The van der Waals surface area contributed by atoms with Crippen LogP contribution < -0.4 is 10.1 Å². The van der Waals surface area contributed by atoms with Crippen LogP contribution >= 0.6 is 22.9 Å². The Morgan fingerprint density at radius 1 is 1.12 bits per heavy atom. The summed E-state index contributed by atoms with van der Waals surface area (Å²) in [5, 5.41) is 12.4. The zero-order valence-corrected chi connectivity index (χ0v) is 14.1. The van der Waals surface area contributed by atoms with Gasteiger partial charge in [0.25, 0.3) is 0 Å². The number of thiazole rings is 1. The SMILES string of the molecule is COc1ccc2nc(Nc3nnc(-c4ccc(Cl)cc4)o3)sc2c1. The second-order valence-electron chi connectivity index (χ2n) is 4.90. The molecule has 0 aliphatic heterocycles. The van der Waals surface area contributed by atoms with Crippen LogP contribution in [0, 0.1) is 0 Å². The van der Waals surface area contributed by atoms with E-state index in [0.29, 0.717) is 16.0 Å². The Morgan fingerprint density at radius 2 is 1.96 bits per heavy atom. The molecule has 2 aromatic heterocycles. The molecule has 6 nitrogen and oxygen atoms in total. The normalized spacial score (nSPS) is 10.9. The largest absolute Gasteiger partial charge is 0.497 e. The first-order valence-electron chi connectivity index (χ1n) is 7.02. The first-order valence-corrected chi connectivity index (χ1v) is 8.22. The summed E-state index contributed by atoms with van der Waals surface area (Å²) in [7, 11) is 1.64. The molecule has 0 bridgehead atoms. The highest BCUT2D eigenvalue weighted by Gasteiger charge is 2.11. The van der Waals surface area contributed by atoms with Gasteiger partial charge in [-0.3, -0.25) is 5.32 Å². The highest BCUT2D eigenvalue weighted by Crippen LogP contribution is 2.31. The fourth-order valence-electron chi connectivity index (χ4n) is 2.16. The summed E-state index contributed by atoms with van der Waals surface area (Å²) in [4.78, 5) is 4.48. The Labute approximate surface area is 146 Å². The second kappa shape index (κ2) is 6.10. The molecule has 2 aromatic carbocycles. The molecule has 4 aromatic rings. The van der Waals surface area contributed by atoms with Crippen molar-refractivity contribution in [1.82, 2.24) is 15.2 Å². The lowest BCUT2D eigenvalue weighted by atomic mass is 10.2. The summed E-state index contributed by atoms with van der Waals surface area (Å²) in [5.74, 6) is 1.21. The Hall–Kier alpha value is -2.64. The van der Waals surface area contributed by atoms with Crippen molar-refractivity contribution in [2.45, 2.75) is 0 Å². The number of halogens is 1. The second-order valence-corrected chi connectivity index (χ2v) is 6.36. The third-order valence-corrected chi connectivity index (χ3v) is 4.51. The van der Waals surface area contributed by atoms with E-state index in [1.165, 1.54) is 11.3 Å². The molecule has 2 heterocycles. The molecule has 0 unspecified atom stereocenters. The third-order valence-electron chi connectivity index (χ3n) is 3.33. The van der Waals surface area contributed by atoms with Gasteiger partial charge in [-0.25, -0.2) is 4.98 Å². The number of fused-ring (bicyclic) bond motifs is 1. The molecule has 0 atom stereocenters. The molecule has 0 aliphatic carbocycles. The van der Waals surface area contributed by atoms with E-state index in [1.54, 1.807) is 19.2 Å². The number of rotatable bonds is 4. The maximum atomic E-state index is 5.88. The van der Waals surface area contributed by atoms with E-state index in [-0.39, 0.29) is 6.01 Å². The minimum Gasteiger partial charge on any atom is -0.497 e. The van der Waals surface area contributed by atoms with E-state index < -0.39 is 0 Å². The molecule has 120 valence electrons. The number of aromatic nitrogens is 3. The highest BCUT2D eigenvalue weighted by atomic mass is 35.5. The number of nitrogens with zero attached hydrogens (tertiary/aromatic N) is 3. The van der Waals surface area contributed by atoms with Gasteiger partial charge in [-0.2, -0.15) is 0 Å². The van der Waals surface area contributed by atoms with E-state index >= 15 is 0 Å². The summed E-state index contributed by atoms with van der Waals surface area (Å²) in [6.45, 7) is 0. The van der Waals surface area contributed by atoms with Crippen LogP contribution in [0.5, 0.6) is 5.75 Å². The fourth-order valence-corrected chi connectivity index (χ4v) is 3.17. The first kappa shape index (κ1) is 14.9. The Kier molecular flexibility index (Phi) is 3.79. The number of hydrogen-bond donors (Lipinski definition) is 1. The summed E-state index contributed by atoms with van der Waals surface area (Å²) in [6.07, 6.45) is 0. The van der Waals surface area contributed by atoms with E-state index in [1.807, 2.05) is 30.3 Å². The Morgan fingerprint density at radius 3 is 2.75 bits per heavy atom. The van der Waals surface area contributed by atoms with Crippen molar-refractivity contribution in [2.75, 3.05) is 12.4 Å². The molecule has 4 rings (SSSR count). The van der Waals surface area contributed by atoms with Gasteiger partial charge >= 0.3 is 6.01 Å². The first-order chi connectivity index (χ1) is 11.7. The minimum absolute atomic E-state index is 0.283. The highest BCUT2D eigenvalue weighted by molar-refractivity contribution is 7.22. The lowest BCUT2D eigenvalue weighted by molar-refractivity contribution is 0.415. The van der Waals surface area contributed by atoms with E-state index in [4.69, 9.17) is 20.8 Å². The van der Waals surface area contributed by atoms with Crippen LogP contribution in [0.2, 0.25) is 5.02 Å². The molecular formula is C16H11ClN4O2S. The quantitative estimate of drug-likeness (QED) is 0.567. The van der Waals surface area contributed by atoms with Crippen LogP contribution in [0.1, 0.15) is 0 Å². The minimum atomic E-state index is 0.283. The summed E-state index contributed by atoms with van der Waals surface area (Å²) in [5.41, 5.74) is 1.68. The van der Waals surface area contributed by atoms with Gasteiger partial charge in [0.05, 0.1) is 17.3 Å². The molecule has 0 radical (unpaired) electrons. The van der Waals surface area contributed by atoms with Crippen LogP contribution in [0.4, 0.5) is 11.1 Å². The molecule has 0 amide bonds. The van der Waals surface area contributed by atoms with Gasteiger partial charge in [0.2, 0.25) is 5.89 Å². The molecule has 0 saturated carbocycles. The molecule has 1 N–H and O–H groups in total. The number of nitrogens with one attached hydrogen (secondary N) is 1. The van der Waals surface area contributed by atoms with E-state index in [9.17, 15) is 0 Å². The Bertz CT molecular complexity index is 997. The van der Waals surface area contributed by atoms with Crippen molar-refractivity contribution in [3.63, 3.8) is 0 Å². The standard InChI is InChI=1S/C16H11ClN4O2S/c1-22-11-6-7-12-13(8-11)24-16(18-12)19-15-21-20-14(23-15)9-2-4-10(17)5-3-9/h2-8H,1H3,(H,18,19,21). The number of anilines is 2. The zero-order chi connectivity index (χ0) is 16.5. The van der Waals surface area contributed by atoms with Crippen molar-refractivity contribution in [3.05, 3.63) is 47.5 Å². The van der Waals surface area contributed by atoms with Gasteiger partial charge in [0.1, 0.15) is 5.75 Å². The zero-order valence-electron chi connectivity index (χ0n) is 12.5. The van der Waals surface area contributed by atoms with Gasteiger partial charge < -0.3 is 9.15 Å². The molecule has 8 heteroatoms. The molecule has 0 aliphatic rings. The van der Waals surface area contributed by atoms with Gasteiger partial charge in [0, 0.05) is 10.6 Å². The maximum absolute atomic E-state index is 5.88. The topological polar surface area (TPSA) is 73.1 Å². The van der Waals surface area contributed by atoms with E-state index in [2.05, 4.69) is 20.5 Å². The number of benzene rings is 2. The van der Waals surface area contributed by atoms with Crippen molar-refractivity contribution in [3.8, 4) is 17.2 Å². The number of methoxy groups -OCH3 is 1. The Balaban J connectivity index is 1.58. The van der Waals surface area contributed by atoms with Crippen LogP contribution in [-0.4, -0.2) is 22.3 Å². The average molecular weight is 359 g/mol. The summed E-state index contributed by atoms with van der Waals surface area (Å²) >= 11 is 7.36. The van der Waals surface area contributed by atoms with Crippen molar-refractivity contribution >= 4 is 44.3 Å². The lowest BCUT2D eigenvalue weighted by Crippen LogP contribution is -1.88. The average Bonchev–Trinajstić information content (AvgIpc) is 3.21. The predicted octanol–water partition coefficient (Wildman–Crippen LogP) is 4.75. The summed E-state index contributed by atoms with van der Waals surface area (Å²) in [6, 6.07) is 13.2. The third kappa shape index (κ3) is 2.91. The van der Waals surface area contributed by atoms with Crippen LogP contribution in [0.3, 0.4) is 0 Å². The number of ether oxygens (including phenoxy) is 1. The number of hydrogen-bond acceptors (Lipinski definition) is 7. The monoisotopic (exact) mass is 358 g/mol. The molecule has 0 fully saturated rings. The molecular weight excluding hydrogens is 348 g/mol. The lowest BCUT2D eigenvalue weighted by Gasteiger charge is -1.96. The van der Waals surface area contributed by atoms with Gasteiger partial charge in [0.15, 0.2) is 5.13 Å². The molecule has 0 spiro atoms. The smallest absolute Gasteiger partial charge is 0.322 e. The van der Waals surface area contributed by atoms with Gasteiger partial charge in [-0.1, -0.05) is 28.0 Å². The van der Waals surface area contributed by atoms with Gasteiger partial charge in [-0.05, 0) is 42.5 Å². The van der Waals surface area contributed by atoms with Crippen LogP contribution in [0.25, 0.3) is 21.7 Å².